The van der Waals surface area contributed by atoms with Crippen molar-refractivity contribution in [2.45, 2.75) is 19.8 Å². The Morgan fingerprint density at radius 3 is 2.83 bits per heavy atom. The number of halogens is 1. The molecule has 0 saturated carbocycles. The van der Waals surface area contributed by atoms with Gasteiger partial charge in [0.25, 0.3) is 5.91 Å². The zero-order valence-electron chi connectivity index (χ0n) is 10.0. The van der Waals surface area contributed by atoms with Gasteiger partial charge in [-0.2, -0.15) is 0 Å². The Kier molecular flexibility index (Phi) is 5.77. The summed E-state index contributed by atoms with van der Waals surface area (Å²) in [6.07, 6.45) is 4.36. The van der Waals surface area contributed by atoms with E-state index in [9.17, 15) is 9.59 Å². The van der Waals surface area contributed by atoms with E-state index >= 15 is 0 Å². The van der Waals surface area contributed by atoms with Crippen molar-refractivity contribution in [3.63, 3.8) is 0 Å². The molecule has 18 heavy (non-hydrogen) atoms. The highest BCUT2D eigenvalue weighted by Crippen LogP contribution is 2.14. The molecule has 0 aliphatic carbocycles. The zero-order valence-corrected chi connectivity index (χ0v) is 11.6. The van der Waals surface area contributed by atoms with Crippen LogP contribution in [0.25, 0.3) is 0 Å². The van der Waals surface area contributed by atoms with Gasteiger partial charge in [0.15, 0.2) is 0 Å². The molecule has 1 aromatic heterocycles. The predicted octanol–water partition coefficient (Wildman–Crippen LogP) is 2.07. The lowest BCUT2D eigenvalue weighted by molar-refractivity contribution is -0.141. The lowest BCUT2D eigenvalue weighted by atomic mass is 10.0. The van der Waals surface area contributed by atoms with Crippen molar-refractivity contribution in [1.82, 2.24) is 10.3 Å². The first-order valence-electron chi connectivity index (χ1n) is 5.66. The molecule has 2 N–H and O–H groups in total. The number of carboxylic acid groups (broad SMARTS) is 1. The predicted molar refractivity (Wildman–Crippen MR) is 70.3 cm³/mol. The minimum absolute atomic E-state index is 0.136. The van der Waals surface area contributed by atoms with E-state index in [0.717, 1.165) is 6.42 Å². The van der Waals surface area contributed by atoms with E-state index in [0.29, 0.717) is 16.5 Å². The molecule has 98 valence electrons. The Morgan fingerprint density at radius 2 is 2.28 bits per heavy atom. The minimum atomic E-state index is -0.883. The second-order valence-electron chi connectivity index (χ2n) is 3.89. The SMILES string of the molecule is CCCC(CNC(=O)c1ccncc1Br)C(=O)O. The maximum Gasteiger partial charge on any atom is 0.308 e. The molecule has 0 aliphatic rings. The van der Waals surface area contributed by atoms with Gasteiger partial charge in [0, 0.05) is 23.4 Å². The fourth-order valence-corrected chi connectivity index (χ4v) is 1.96. The van der Waals surface area contributed by atoms with E-state index in [1.807, 2.05) is 6.92 Å². The van der Waals surface area contributed by atoms with Crippen LogP contribution in [0.5, 0.6) is 0 Å². The fraction of sp³-hybridized carbons (Fsp3) is 0.417. The number of carboxylic acids is 1. The summed E-state index contributed by atoms with van der Waals surface area (Å²) in [5.41, 5.74) is 0.450. The van der Waals surface area contributed by atoms with E-state index in [4.69, 9.17) is 5.11 Å². The van der Waals surface area contributed by atoms with Crippen molar-refractivity contribution >= 4 is 27.8 Å². The highest BCUT2D eigenvalue weighted by atomic mass is 79.9. The Labute approximate surface area is 114 Å². The fourth-order valence-electron chi connectivity index (χ4n) is 1.53. The third-order valence-corrected chi connectivity index (χ3v) is 3.14. The number of nitrogens with zero attached hydrogens (tertiary/aromatic N) is 1. The van der Waals surface area contributed by atoms with Gasteiger partial charge < -0.3 is 10.4 Å². The van der Waals surface area contributed by atoms with Crippen LogP contribution in [0, 0.1) is 5.92 Å². The van der Waals surface area contributed by atoms with Crippen LogP contribution in [0.2, 0.25) is 0 Å². The molecule has 0 aliphatic heterocycles. The molecule has 0 radical (unpaired) electrons. The molecule has 1 heterocycles. The number of hydrogen-bond acceptors (Lipinski definition) is 3. The lowest BCUT2D eigenvalue weighted by Gasteiger charge is -2.12. The molecule has 0 fully saturated rings. The molecule has 1 rings (SSSR count). The summed E-state index contributed by atoms with van der Waals surface area (Å²) in [7, 11) is 0. The van der Waals surface area contributed by atoms with Crippen LogP contribution in [0.15, 0.2) is 22.9 Å². The van der Waals surface area contributed by atoms with Crippen LogP contribution in [0.3, 0.4) is 0 Å². The Morgan fingerprint density at radius 1 is 1.56 bits per heavy atom. The first-order chi connectivity index (χ1) is 8.56. The molecular weight excluding hydrogens is 300 g/mol. The highest BCUT2D eigenvalue weighted by Gasteiger charge is 2.18. The maximum absolute atomic E-state index is 11.8. The number of pyridine rings is 1. The molecule has 1 unspecified atom stereocenters. The molecule has 0 saturated heterocycles. The van der Waals surface area contributed by atoms with Gasteiger partial charge in [-0.05, 0) is 28.4 Å². The van der Waals surface area contributed by atoms with Crippen molar-refractivity contribution in [2.75, 3.05) is 6.54 Å². The quantitative estimate of drug-likeness (QED) is 0.842. The van der Waals surface area contributed by atoms with Crippen LogP contribution < -0.4 is 5.32 Å². The molecule has 5 nitrogen and oxygen atoms in total. The second kappa shape index (κ2) is 7.10. The number of amides is 1. The van der Waals surface area contributed by atoms with Gasteiger partial charge in [0.2, 0.25) is 0 Å². The minimum Gasteiger partial charge on any atom is -0.481 e. The topological polar surface area (TPSA) is 79.3 Å². The molecule has 0 bridgehead atoms. The standard InChI is InChI=1S/C12H15BrN2O3/c1-2-3-8(12(17)18)6-15-11(16)9-4-5-14-7-10(9)13/h4-5,7-8H,2-3,6H2,1H3,(H,15,16)(H,17,18). The van der Waals surface area contributed by atoms with Crippen LogP contribution in [0.4, 0.5) is 0 Å². The van der Waals surface area contributed by atoms with Gasteiger partial charge in [0.1, 0.15) is 0 Å². The molecule has 0 aromatic carbocycles. The average molecular weight is 315 g/mol. The van der Waals surface area contributed by atoms with Crippen molar-refractivity contribution in [2.24, 2.45) is 5.92 Å². The molecule has 1 aromatic rings. The van der Waals surface area contributed by atoms with E-state index in [-0.39, 0.29) is 12.5 Å². The second-order valence-corrected chi connectivity index (χ2v) is 4.74. The van der Waals surface area contributed by atoms with Gasteiger partial charge in [0.05, 0.1) is 11.5 Å². The van der Waals surface area contributed by atoms with E-state index in [1.54, 1.807) is 6.07 Å². The number of nitrogens with one attached hydrogen (secondary N) is 1. The van der Waals surface area contributed by atoms with Crippen LogP contribution in [-0.2, 0) is 4.79 Å². The third kappa shape index (κ3) is 4.10. The molecule has 0 spiro atoms. The van der Waals surface area contributed by atoms with Crippen molar-refractivity contribution in [1.29, 1.82) is 0 Å². The van der Waals surface area contributed by atoms with Crippen molar-refractivity contribution in [3.8, 4) is 0 Å². The molecule has 1 amide bonds. The van der Waals surface area contributed by atoms with Gasteiger partial charge >= 0.3 is 5.97 Å². The Hall–Kier alpha value is -1.43. The number of hydrogen-bond donors (Lipinski definition) is 2. The molecular formula is C12H15BrN2O3. The lowest BCUT2D eigenvalue weighted by Crippen LogP contribution is -2.33. The normalized spacial score (nSPS) is 11.9. The number of carbonyl (C=O) groups excluding carboxylic acids is 1. The Balaban J connectivity index is 2.60. The number of aromatic nitrogens is 1. The van der Waals surface area contributed by atoms with Crippen molar-refractivity contribution in [3.05, 3.63) is 28.5 Å². The van der Waals surface area contributed by atoms with Gasteiger partial charge in [-0.15, -0.1) is 0 Å². The zero-order chi connectivity index (χ0) is 13.5. The van der Waals surface area contributed by atoms with E-state index in [1.165, 1.54) is 12.4 Å². The Bertz CT molecular complexity index is 437. The average Bonchev–Trinajstić information content (AvgIpc) is 2.34. The van der Waals surface area contributed by atoms with Crippen LogP contribution in [-0.4, -0.2) is 28.5 Å². The first-order valence-corrected chi connectivity index (χ1v) is 6.46. The number of rotatable bonds is 6. The summed E-state index contributed by atoms with van der Waals surface area (Å²) >= 11 is 3.22. The number of carbonyl (C=O) groups is 2. The number of aliphatic carboxylic acids is 1. The van der Waals surface area contributed by atoms with Crippen LogP contribution >= 0.6 is 15.9 Å². The van der Waals surface area contributed by atoms with Gasteiger partial charge in [-0.3, -0.25) is 14.6 Å². The largest absolute Gasteiger partial charge is 0.481 e. The molecule has 1 atom stereocenters. The van der Waals surface area contributed by atoms with E-state index < -0.39 is 11.9 Å². The maximum atomic E-state index is 11.8. The summed E-state index contributed by atoms with van der Waals surface area (Å²) in [6.45, 7) is 2.05. The monoisotopic (exact) mass is 314 g/mol. The first kappa shape index (κ1) is 14.6. The third-order valence-electron chi connectivity index (χ3n) is 2.51. The molecule has 6 heteroatoms. The summed E-state index contributed by atoms with van der Waals surface area (Å²) in [5.74, 6) is -1.72. The van der Waals surface area contributed by atoms with Crippen molar-refractivity contribution < 1.29 is 14.7 Å². The van der Waals surface area contributed by atoms with Crippen LogP contribution in [0.1, 0.15) is 30.1 Å². The summed E-state index contributed by atoms with van der Waals surface area (Å²) in [6, 6.07) is 1.58. The van der Waals surface area contributed by atoms with E-state index in [2.05, 4.69) is 26.2 Å². The van der Waals surface area contributed by atoms with Gasteiger partial charge in [-0.1, -0.05) is 13.3 Å². The smallest absolute Gasteiger partial charge is 0.308 e. The highest BCUT2D eigenvalue weighted by molar-refractivity contribution is 9.10. The summed E-state index contributed by atoms with van der Waals surface area (Å²) < 4.78 is 0.588. The summed E-state index contributed by atoms with van der Waals surface area (Å²) in [5, 5.41) is 11.6. The summed E-state index contributed by atoms with van der Waals surface area (Å²) in [4.78, 5) is 26.6. The van der Waals surface area contributed by atoms with Gasteiger partial charge in [-0.25, -0.2) is 0 Å².